The van der Waals surface area contributed by atoms with E-state index in [4.69, 9.17) is 4.74 Å². The van der Waals surface area contributed by atoms with Crippen LogP contribution in [0, 0.1) is 11.6 Å². The summed E-state index contributed by atoms with van der Waals surface area (Å²) in [4.78, 5) is 1.18. The molecule has 7 rings (SSSR count). The highest BCUT2D eigenvalue weighted by atomic mass is 32.2. The van der Waals surface area contributed by atoms with E-state index in [1.165, 1.54) is 11.0 Å². The molecule has 0 aromatic heterocycles. The Hall–Kier alpha value is -3.89. The fourth-order valence-electron chi connectivity index (χ4n) is 6.55. The third-order valence-corrected chi connectivity index (χ3v) is 8.99. The number of hydrogen-bond donors (Lipinski definition) is 0. The summed E-state index contributed by atoms with van der Waals surface area (Å²) in [5, 5.41) is 1.85. The predicted octanol–water partition coefficient (Wildman–Crippen LogP) is 9.50. The van der Waals surface area contributed by atoms with E-state index in [9.17, 15) is 4.39 Å². The van der Waals surface area contributed by atoms with Gasteiger partial charge < -0.3 is 4.74 Å². The summed E-state index contributed by atoms with van der Waals surface area (Å²) >= 11 is 1.70. The number of fused-ring (bicyclic) bond motifs is 8. The van der Waals surface area contributed by atoms with Crippen LogP contribution in [-0.2, 0) is 11.0 Å². The highest BCUT2D eigenvalue weighted by molar-refractivity contribution is 7.98. The number of ether oxygens (including phenoxy) is 1. The second-order valence-electron chi connectivity index (χ2n) is 10.7. The Morgan fingerprint density at radius 1 is 0.744 bits per heavy atom. The molecule has 5 aromatic carbocycles. The van der Waals surface area contributed by atoms with Crippen LogP contribution in [0.5, 0.6) is 5.75 Å². The van der Waals surface area contributed by atoms with Crippen molar-refractivity contribution < 1.29 is 13.5 Å². The number of benzene rings is 5. The van der Waals surface area contributed by atoms with Crippen LogP contribution in [0.3, 0.4) is 0 Å². The quantitative estimate of drug-likeness (QED) is 0.214. The molecule has 4 heteroatoms. The summed E-state index contributed by atoms with van der Waals surface area (Å²) in [7, 11) is 0. The van der Waals surface area contributed by atoms with E-state index in [0.717, 1.165) is 50.4 Å². The SMILES string of the molecule is CSc1ccc(C2(c3ccccc3)C=Cc3c4c(c5ccccc5c3O2)-c2cc(F)cc(F)c2C4(C)C)cc1. The number of rotatable bonds is 3. The Kier molecular flexibility index (Phi) is 5.30. The normalized spacial score (nSPS) is 18.4. The maximum absolute atomic E-state index is 15.4. The molecule has 1 atom stereocenters. The first-order valence-electron chi connectivity index (χ1n) is 13.0. The Morgan fingerprint density at radius 3 is 2.13 bits per heavy atom. The van der Waals surface area contributed by atoms with Crippen molar-refractivity contribution in [3.63, 3.8) is 0 Å². The summed E-state index contributed by atoms with van der Waals surface area (Å²) in [6.07, 6.45) is 6.31. The maximum Gasteiger partial charge on any atom is 0.178 e. The molecule has 5 aromatic rings. The molecule has 0 saturated carbocycles. The van der Waals surface area contributed by atoms with E-state index in [2.05, 4.69) is 54.8 Å². The molecule has 2 aliphatic rings. The zero-order valence-corrected chi connectivity index (χ0v) is 22.7. The van der Waals surface area contributed by atoms with Gasteiger partial charge in [-0.05, 0) is 52.6 Å². The monoisotopic (exact) mass is 532 g/mol. The lowest BCUT2D eigenvalue weighted by Gasteiger charge is -2.38. The zero-order chi connectivity index (χ0) is 26.9. The molecule has 0 spiro atoms. The fourth-order valence-corrected chi connectivity index (χ4v) is 6.96. The standard InChI is InChI=1S/C35H26F2OS/c1-34(2)31-28(19-23(36)20-29(31)37)30-25-11-7-8-12-26(25)33-27(32(30)34)17-18-35(38-33,21-9-5-4-6-10-21)22-13-15-24(39-3)16-14-22/h4-20H,1-3H3. The Bertz CT molecular complexity index is 1810. The molecule has 1 aliphatic heterocycles. The Labute approximate surface area is 231 Å². The van der Waals surface area contributed by atoms with Crippen molar-refractivity contribution in [1.29, 1.82) is 0 Å². The Morgan fingerprint density at radius 2 is 1.41 bits per heavy atom. The summed E-state index contributed by atoms with van der Waals surface area (Å²) in [5.41, 5.74) is 4.41. The molecule has 192 valence electrons. The summed E-state index contributed by atoms with van der Waals surface area (Å²) in [6.45, 7) is 4.03. The van der Waals surface area contributed by atoms with Crippen molar-refractivity contribution in [2.24, 2.45) is 0 Å². The van der Waals surface area contributed by atoms with Crippen molar-refractivity contribution in [3.8, 4) is 16.9 Å². The van der Waals surface area contributed by atoms with E-state index in [-0.39, 0.29) is 0 Å². The average molecular weight is 533 g/mol. The van der Waals surface area contributed by atoms with Crippen LogP contribution in [0.2, 0.25) is 0 Å². The fraction of sp³-hybridized carbons (Fsp3) is 0.143. The molecule has 1 heterocycles. The molecular weight excluding hydrogens is 506 g/mol. The van der Waals surface area contributed by atoms with Gasteiger partial charge in [0.1, 0.15) is 17.4 Å². The van der Waals surface area contributed by atoms with E-state index >= 15 is 4.39 Å². The molecule has 0 N–H and O–H groups in total. The second kappa shape index (κ2) is 8.56. The van der Waals surface area contributed by atoms with Gasteiger partial charge in [0.05, 0.1) is 0 Å². The molecular formula is C35H26F2OS. The van der Waals surface area contributed by atoms with Crippen molar-refractivity contribution in [2.75, 3.05) is 6.26 Å². The molecule has 0 bridgehead atoms. The van der Waals surface area contributed by atoms with Crippen LogP contribution < -0.4 is 4.74 Å². The van der Waals surface area contributed by atoms with Crippen molar-refractivity contribution >= 4 is 28.6 Å². The minimum Gasteiger partial charge on any atom is -0.472 e. The smallest absolute Gasteiger partial charge is 0.178 e. The first kappa shape index (κ1) is 24.2. The number of thioether (sulfide) groups is 1. The van der Waals surface area contributed by atoms with Gasteiger partial charge in [0, 0.05) is 44.0 Å². The molecule has 1 nitrogen and oxygen atoms in total. The second-order valence-corrected chi connectivity index (χ2v) is 11.6. The zero-order valence-electron chi connectivity index (χ0n) is 21.9. The first-order valence-corrected chi connectivity index (χ1v) is 14.2. The van der Waals surface area contributed by atoms with Crippen LogP contribution in [0.1, 0.15) is 41.7 Å². The summed E-state index contributed by atoms with van der Waals surface area (Å²) < 4.78 is 37.1. The molecule has 0 fully saturated rings. The van der Waals surface area contributed by atoms with Crippen molar-refractivity contribution in [2.45, 2.75) is 29.8 Å². The van der Waals surface area contributed by atoms with Gasteiger partial charge in [-0.1, -0.05) is 86.7 Å². The largest absolute Gasteiger partial charge is 0.472 e. The Balaban J connectivity index is 1.55. The topological polar surface area (TPSA) is 9.23 Å². The van der Waals surface area contributed by atoms with Crippen LogP contribution in [0.15, 0.2) is 102 Å². The third kappa shape index (κ3) is 3.37. The van der Waals surface area contributed by atoms with Crippen molar-refractivity contribution in [3.05, 3.63) is 137 Å². The number of hydrogen-bond acceptors (Lipinski definition) is 2. The van der Waals surface area contributed by atoms with Gasteiger partial charge in [-0.3, -0.25) is 0 Å². The van der Waals surface area contributed by atoms with Gasteiger partial charge >= 0.3 is 0 Å². The predicted molar refractivity (Wildman–Crippen MR) is 157 cm³/mol. The van der Waals surface area contributed by atoms with E-state index in [1.807, 2.05) is 56.3 Å². The molecule has 1 aliphatic carbocycles. The highest BCUT2D eigenvalue weighted by Crippen LogP contribution is 2.58. The minimum atomic E-state index is -0.852. The van der Waals surface area contributed by atoms with Crippen LogP contribution in [-0.4, -0.2) is 6.26 Å². The van der Waals surface area contributed by atoms with Gasteiger partial charge in [0.15, 0.2) is 5.60 Å². The van der Waals surface area contributed by atoms with Gasteiger partial charge in [0.25, 0.3) is 0 Å². The lowest BCUT2D eigenvalue weighted by Crippen LogP contribution is -2.35. The van der Waals surface area contributed by atoms with Gasteiger partial charge in [-0.2, -0.15) is 0 Å². The first-order chi connectivity index (χ1) is 18.8. The van der Waals surface area contributed by atoms with Crippen molar-refractivity contribution in [1.82, 2.24) is 0 Å². The lowest BCUT2D eigenvalue weighted by atomic mass is 9.76. The van der Waals surface area contributed by atoms with Gasteiger partial charge in [-0.25, -0.2) is 8.78 Å². The lowest BCUT2D eigenvalue weighted by molar-refractivity contribution is 0.163. The van der Waals surface area contributed by atoms with Gasteiger partial charge in [-0.15, -0.1) is 11.8 Å². The van der Waals surface area contributed by atoms with Crippen LogP contribution in [0.4, 0.5) is 8.78 Å². The van der Waals surface area contributed by atoms with Crippen LogP contribution >= 0.6 is 11.8 Å². The van der Waals surface area contributed by atoms with E-state index < -0.39 is 22.7 Å². The number of halogens is 2. The maximum atomic E-state index is 15.4. The third-order valence-electron chi connectivity index (χ3n) is 8.25. The molecule has 0 radical (unpaired) electrons. The van der Waals surface area contributed by atoms with E-state index in [0.29, 0.717) is 11.1 Å². The minimum absolute atomic E-state index is 0.516. The highest BCUT2D eigenvalue weighted by Gasteiger charge is 2.45. The van der Waals surface area contributed by atoms with Crippen LogP contribution in [0.25, 0.3) is 28.0 Å². The summed E-state index contributed by atoms with van der Waals surface area (Å²) in [6, 6.07) is 29.2. The molecule has 39 heavy (non-hydrogen) atoms. The summed E-state index contributed by atoms with van der Waals surface area (Å²) in [5.74, 6) is -0.330. The average Bonchev–Trinajstić information content (AvgIpc) is 3.20. The molecule has 0 saturated heterocycles. The van der Waals surface area contributed by atoms with Gasteiger partial charge in [0.2, 0.25) is 0 Å². The molecule has 0 amide bonds. The molecule has 1 unspecified atom stereocenters. The van der Waals surface area contributed by atoms with E-state index in [1.54, 1.807) is 11.8 Å².